The first kappa shape index (κ1) is 27.8. The number of halogens is 1. The number of aliphatic hydroxyl groups excluding tert-OH is 1. The van der Waals surface area contributed by atoms with E-state index in [-0.39, 0.29) is 6.42 Å². The first-order valence-electron chi connectivity index (χ1n) is 12.7. The van der Waals surface area contributed by atoms with Gasteiger partial charge in [-0.1, -0.05) is 41.9 Å². The van der Waals surface area contributed by atoms with Crippen LogP contribution in [0.3, 0.4) is 0 Å². The maximum atomic E-state index is 11.4. The second kappa shape index (κ2) is 12.5. The van der Waals surface area contributed by atoms with Gasteiger partial charge in [0.2, 0.25) is 5.88 Å². The van der Waals surface area contributed by atoms with Crippen molar-refractivity contribution in [1.29, 1.82) is 0 Å². The van der Waals surface area contributed by atoms with E-state index in [1.54, 1.807) is 6.20 Å². The Morgan fingerprint density at radius 2 is 1.84 bits per heavy atom. The van der Waals surface area contributed by atoms with E-state index in [1.165, 1.54) is 0 Å². The predicted octanol–water partition coefficient (Wildman–Crippen LogP) is 5.08. The van der Waals surface area contributed by atoms with Crippen molar-refractivity contribution in [2.45, 2.75) is 37.7 Å². The van der Waals surface area contributed by atoms with Gasteiger partial charge in [-0.3, -0.25) is 4.79 Å². The molecule has 0 bridgehead atoms. The van der Waals surface area contributed by atoms with Crippen molar-refractivity contribution in [3.8, 4) is 11.6 Å². The fourth-order valence-electron chi connectivity index (χ4n) is 5.14. The molecule has 2 aromatic carbocycles. The van der Waals surface area contributed by atoms with Crippen molar-refractivity contribution >= 4 is 23.1 Å². The predicted molar refractivity (Wildman–Crippen MR) is 148 cm³/mol. The van der Waals surface area contributed by atoms with Crippen molar-refractivity contribution in [2.75, 3.05) is 26.7 Å². The second-order valence-corrected chi connectivity index (χ2v) is 9.93. The normalized spacial score (nSPS) is 17.3. The quantitative estimate of drug-likeness (QED) is 0.404. The molecule has 0 spiro atoms. The third-order valence-electron chi connectivity index (χ3n) is 7.16. The summed E-state index contributed by atoms with van der Waals surface area (Å²) in [5.41, 5.74) is 3.79. The minimum atomic E-state index is -0.863. The standard InChI is InChI=1S/C29H29ClN2O4.CH4O/c30-23-10-8-22(9-11-23)29(35)12-16-32(17-13-29)15-3-5-20-18-25-21(19-27(33)34)4-1-7-26(25)36-28-24(20)6-2-14-31-28;1-2/h1-2,4-11,14,35H,3,12-13,15-19H2,(H,33,34);2H,1H3. The van der Waals surface area contributed by atoms with Crippen molar-refractivity contribution in [1.82, 2.24) is 9.88 Å². The van der Waals surface area contributed by atoms with Gasteiger partial charge in [-0.2, -0.15) is 0 Å². The molecule has 38 heavy (non-hydrogen) atoms. The van der Waals surface area contributed by atoms with E-state index in [9.17, 15) is 15.0 Å². The minimum Gasteiger partial charge on any atom is -0.481 e. The number of hydrogen-bond donors (Lipinski definition) is 3. The number of pyridine rings is 1. The molecule has 7 nitrogen and oxygen atoms in total. The van der Waals surface area contributed by atoms with Crippen LogP contribution in [0.4, 0.5) is 0 Å². The molecule has 0 radical (unpaired) electrons. The number of piperidine rings is 1. The highest BCUT2D eigenvalue weighted by molar-refractivity contribution is 6.30. The molecule has 1 fully saturated rings. The van der Waals surface area contributed by atoms with E-state index in [0.717, 1.165) is 61.0 Å². The number of carboxylic acid groups (broad SMARTS) is 1. The molecule has 0 amide bonds. The highest BCUT2D eigenvalue weighted by Crippen LogP contribution is 2.39. The Hall–Kier alpha value is -3.23. The summed E-state index contributed by atoms with van der Waals surface area (Å²) in [6.07, 6.45) is 6.66. The molecule has 1 saturated heterocycles. The second-order valence-electron chi connectivity index (χ2n) is 9.50. The zero-order chi connectivity index (χ0) is 27.1. The number of benzene rings is 2. The topological polar surface area (TPSA) is 103 Å². The van der Waals surface area contributed by atoms with Gasteiger partial charge in [-0.25, -0.2) is 4.98 Å². The summed E-state index contributed by atoms with van der Waals surface area (Å²) in [7, 11) is 1.00. The average Bonchev–Trinajstić information content (AvgIpc) is 3.08. The number of likely N-dealkylation sites (tertiary alicyclic amines) is 1. The van der Waals surface area contributed by atoms with Gasteiger partial charge in [-0.15, -0.1) is 0 Å². The molecule has 8 heteroatoms. The lowest BCUT2D eigenvalue weighted by atomic mass is 9.84. The summed E-state index contributed by atoms with van der Waals surface area (Å²) in [5.74, 6) is 0.341. The summed E-state index contributed by atoms with van der Waals surface area (Å²) >= 11 is 6.01. The third kappa shape index (κ3) is 6.42. The Labute approximate surface area is 228 Å². The number of rotatable bonds is 6. The lowest BCUT2D eigenvalue weighted by Crippen LogP contribution is -2.42. The number of nitrogens with zero attached hydrogens (tertiary/aromatic N) is 2. The monoisotopic (exact) mass is 536 g/mol. The van der Waals surface area contributed by atoms with Crippen LogP contribution in [-0.4, -0.2) is 57.9 Å². The third-order valence-corrected chi connectivity index (χ3v) is 7.42. The fourth-order valence-corrected chi connectivity index (χ4v) is 5.27. The van der Waals surface area contributed by atoms with Gasteiger partial charge in [0.05, 0.1) is 12.0 Å². The number of ether oxygens (including phenoxy) is 1. The zero-order valence-corrected chi connectivity index (χ0v) is 22.2. The lowest BCUT2D eigenvalue weighted by Gasteiger charge is -2.38. The van der Waals surface area contributed by atoms with Crippen LogP contribution in [0, 0.1) is 0 Å². The van der Waals surface area contributed by atoms with Gasteiger partial charge >= 0.3 is 5.97 Å². The van der Waals surface area contributed by atoms with E-state index in [4.69, 9.17) is 21.4 Å². The van der Waals surface area contributed by atoms with Crippen molar-refractivity contribution in [2.24, 2.45) is 0 Å². The molecule has 0 aliphatic carbocycles. The number of hydrogen-bond acceptors (Lipinski definition) is 6. The van der Waals surface area contributed by atoms with Crippen LogP contribution >= 0.6 is 11.6 Å². The number of aromatic nitrogens is 1. The van der Waals surface area contributed by atoms with E-state index in [1.807, 2.05) is 54.6 Å². The first-order chi connectivity index (χ1) is 18.4. The lowest BCUT2D eigenvalue weighted by molar-refractivity contribution is -0.136. The molecule has 200 valence electrons. The highest BCUT2D eigenvalue weighted by atomic mass is 35.5. The number of fused-ring (bicyclic) bond motifs is 2. The van der Waals surface area contributed by atoms with E-state index >= 15 is 0 Å². The van der Waals surface area contributed by atoms with E-state index < -0.39 is 11.6 Å². The number of aliphatic hydroxyl groups is 2. The minimum absolute atomic E-state index is 0.0477. The Kier molecular flexibility index (Phi) is 9.17. The molecule has 0 atom stereocenters. The summed E-state index contributed by atoms with van der Waals surface area (Å²) < 4.78 is 6.13. The van der Waals surface area contributed by atoms with Gasteiger partial charge < -0.3 is 25.0 Å². The molecule has 3 heterocycles. The van der Waals surface area contributed by atoms with Gasteiger partial charge in [-0.05, 0) is 66.3 Å². The van der Waals surface area contributed by atoms with E-state index in [2.05, 4.69) is 16.0 Å². The molecule has 2 aliphatic rings. The highest BCUT2D eigenvalue weighted by Gasteiger charge is 2.33. The van der Waals surface area contributed by atoms with Crippen LogP contribution < -0.4 is 4.74 Å². The van der Waals surface area contributed by atoms with E-state index in [0.29, 0.717) is 35.9 Å². The van der Waals surface area contributed by atoms with Crippen LogP contribution in [0.1, 0.15) is 41.5 Å². The molecular weight excluding hydrogens is 504 g/mol. The SMILES string of the molecule is CO.O=C(O)Cc1cccc2c1CC(=CCCN1CCC(O)(c3ccc(Cl)cc3)CC1)c1cccnc1O2. The summed E-state index contributed by atoms with van der Waals surface area (Å²) in [4.78, 5) is 18.3. The molecule has 1 aromatic heterocycles. The first-order valence-corrected chi connectivity index (χ1v) is 13.1. The smallest absolute Gasteiger partial charge is 0.307 e. The molecular formula is C30H33ClN2O5. The van der Waals surface area contributed by atoms with Crippen molar-refractivity contribution in [3.05, 3.63) is 94.1 Å². The van der Waals surface area contributed by atoms with Crippen LogP contribution in [-0.2, 0) is 23.2 Å². The largest absolute Gasteiger partial charge is 0.481 e. The molecule has 3 aromatic rings. The van der Waals surface area contributed by atoms with Crippen molar-refractivity contribution in [3.63, 3.8) is 0 Å². The maximum absolute atomic E-state index is 11.4. The molecule has 0 unspecified atom stereocenters. The zero-order valence-electron chi connectivity index (χ0n) is 21.4. The van der Waals surface area contributed by atoms with Gasteiger partial charge in [0.1, 0.15) is 5.75 Å². The number of allylic oxidation sites excluding steroid dienone is 1. The van der Waals surface area contributed by atoms with Crippen molar-refractivity contribution < 1.29 is 24.9 Å². The number of aliphatic carboxylic acids is 1. The van der Waals surface area contributed by atoms with Crippen LogP contribution in [0.15, 0.2) is 66.9 Å². The van der Waals surface area contributed by atoms with Gasteiger partial charge in [0, 0.05) is 55.5 Å². The average molecular weight is 537 g/mol. The van der Waals surface area contributed by atoms with Gasteiger partial charge in [0.15, 0.2) is 0 Å². The molecule has 5 rings (SSSR count). The molecule has 2 aliphatic heterocycles. The Morgan fingerprint density at radius 1 is 1.11 bits per heavy atom. The fraction of sp³-hybridized carbons (Fsp3) is 0.333. The Balaban J connectivity index is 0.00000164. The number of carbonyl (C=O) groups is 1. The Bertz CT molecular complexity index is 1280. The molecule has 3 N–H and O–H groups in total. The Morgan fingerprint density at radius 3 is 2.55 bits per heavy atom. The van der Waals surface area contributed by atoms with Crippen LogP contribution in [0.5, 0.6) is 11.6 Å². The summed E-state index contributed by atoms with van der Waals surface area (Å²) in [6, 6.07) is 16.9. The van der Waals surface area contributed by atoms with Crippen LogP contribution in [0.25, 0.3) is 5.57 Å². The molecule has 0 saturated carbocycles. The summed E-state index contributed by atoms with van der Waals surface area (Å²) in [6.45, 7) is 2.50. The van der Waals surface area contributed by atoms with Crippen LogP contribution in [0.2, 0.25) is 5.02 Å². The van der Waals surface area contributed by atoms with Gasteiger partial charge in [0.25, 0.3) is 0 Å². The summed E-state index contributed by atoms with van der Waals surface area (Å²) in [5, 5.41) is 28.2. The number of carboxylic acids is 1. The maximum Gasteiger partial charge on any atom is 0.307 e.